The zero-order valence-corrected chi connectivity index (χ0v) is 12.5. The first-order chi connectivity index (χ1) is 10.6. The summed E-state index contributed by atoms with van der Waals surface area (Å²) < 4.78 is 0. The molecule has 2 heterocycles. The number of urea groups is 1. The summed E-state index contributed by atoms with van der Waals surface area (Å²) in [6.07, 6.45) is 1.50. The molecule has 1 aromatic carbocycles. The van der Waals surface area contributed by atoms with Gasteiger partial charge in [0, 0.05) is 4.88 Å². The Bertz CT molecular complexity index is 793. The normalized spacial score (nSPS) is 17.0. The zero-order chi connectivity index (χ0) is 15.7. The van der Waals surface area contributed by atoms with Crippen LogP contribution in [0.15, 0.2) is 47.4 Å². The van der Waals surface area contributed by atoms with Gasteiger partial charge in [0.1, 0.15) is 5.57 Å². The van der Waals surface area contributed by atoms with Crippen LogP contribution in [0.5, 0.6) is 0 Å². The highest BCUT2D eigenvalue weighted by molar-refractivity contribution is 7.10. The smallest absolute Gasteiger partial charge is 0.273 e. The molecule has 4 amide bonds. The number of hydrogen-bond donors (Lipinski definition) is 1. The maximum Gasteiger partial charge on any atom is 0.335 e. The molecule has 0 spiro atoms. The van der Waals surface area contributed by atoms with Crippen LogP contribution in [0.25, 0.3) is 6.08 Å². The highest BCUT2D eigenvalue weighted by Gasteiger charge is 2.36. The molecule has 0 saturated carbocycles. The number of nitrogens with one attached hydrogen (secondary N) is 1. The highest BCUT2D eigenvalue weighted by atomic mass is 32.1. The zero-order valence-electron chi connectivity index (χ0n) is 11.7. The molecule has 5 nitrogen and oxygen atoms in total. The second-order valence-electron chi connectivity index (χ2n) is 4.81. The van der Waals surface area contributed by atoms with Crippen LogP contribution in [0.2, 0.25) is 0 Å². The van der Waals surface area contributed by atoms with E-state index in [0.29, 0.717) is 5.69 Å². The van der Waals surface area contributed by atoms with Gasteiger partial charge in [-0.3, -0.25) is 14.9 Å². The third-order valence-electron chi connectivity index (χ3n) is 3.19. The number of rotatable bonds is 2. The molecule has 0 unspecified atom stereocenters. The lowest BCUT2D eigenvalue weighted by molar-refractivity contribution is -0.122. The number of aryl methyl sites for hydroxylation is 1. The van der Waals surface area contributed by atoms with Crippen LogP contribution in [-0.2, 0) is 9.59 Å². The average Bonchev–Trinajstić information content (AvgIpc) is 2.96. The van der Waals surface area contributed by atoms with E-state index in [1.54, 1.807) is 24.3 Å². The maximum atomic E-state index is 12.6. The summed E-state index contributed by atoms with van der Waals surface area (Å²) in [5.74, 6) is -1.29. The van der Waals surface area contributed by atoms with Gasteiger partial charge in [0.15, 0.2) is 0 Å². The molecule has 3 rings (SSSR count). The topological polar surface area (TPSA) is 66.5 Å². The second-order valence-corrected chi connectivity index (χ2v) is 5.79. The van der Waals surface area contributed by atoms with Crippen molar-refractivity contribution in [3.63, 3.8) is 0 Å². The van der Waals surface area contributed by atoms with E-state index in [0.717, 1.165) is 15.3 Å². The Morgan fingerprint density at radius 1 is 1.14 bits per heavy atom. The summed E-state index contributed by atoms with van der Waals surface area (Å²) in [7, 11) is 0. The van der Waals surface area contributed by atoms with Crippen molar-refractivity contribution in [1.82, 2.24) is 5.32 Å². The van der Waals surface area contributed by atoms with Gasteiger partial charge in [-0.05, 0) is 42.1 Å². The number of carbonyl (C=O) groups is 3. The molecule has 1 aliphatic rings. The van der Waals surface area contributed by atoms with Gasteiger partial charge in [-0.1, -0.05) is 18.2 Å². The number of anilines is 1. The largest absolute Gasteiger partial charge is 0.335 e. The molecule has 110 valence electrons. The minimum absolute atomic E-state index is 0.0523. The SMILES string of the molecule is Cc1cccc(N2C(=O)NC(=O)/C(=C\c3cccs3)C2=O)c1. The van der Waals surface area contributed by atoms with E-state index in [4.69, 9.17) is 0 Å². The summed E-state index contributed by atoms with van der Waals surface area (Å²) in [6.45, 7) is 1.86. The molecular weight excluding hydrogens is 300 g/mol. The summed E-state index contributed by atoms with van der Waals surface area (Å²) in [6, 6.07) is 9.88. The van der Waals surface area contributed by atoms with Gasteiger partial charge in [-0.2, -0.15) is 0 Å². The van der Waals surface area contributed by atoms with E-state index in [1.807, 2.05) is 24.4 Å². The average molecular weight is 312 g/mol. The number of barbiturate groups is 1. The van der Waals surface area contributed by atoms with E-state index in [-0.39, 0.29) is 5.57 Å². The predicted octanol–water partition coefficient (Wildman–Crippen LogP) is 2.72. The maximum absolute atomic E-state index is 12.6. The van der Waals surface area contributed by atoms with Crippen LogP contribution < -0.4 is 10.2 Å². The van der Waals surface area contributed by atoms with E-state index < -0.39 is 17.8 Å². The molecule has 0 bridgehead atoms. The summed E-state index contributed by atoms with van der Waals surface area (Å²) in [5, 5.41) is 4.05. The van der Waals surface area contributed by atoms with Crippen LogP contribution in [0, 0.1) is 6.92 Å². The van der Waals surface area contributed by atoms with Crippen LogP contribution in [-0.4, -0.2) is 17.8 Å². The van der Waals surface area contributed by atoms with E-state index >= 15 is 0 Å². The molecular formula is C16H12N2O3S. The van der Waals surface area contributed by atoms with Crippen LogP contribution in [0.3, 0.4) is 0 Å². The van der Waals surface area contributed by atoms with Gasteiger partial charge in [-0.25, -0.2) is 9.69 Å². The van der Waals surface area contributed by atoms with E-state index in [1.165, 1.54) is 17.4 Å². The number of thiophene rings is 1. The van der Waals surface area contributed by atoms with Crippen molar-refractivity contribution in [3.05, 3.63) is 57.8 Å². The predicted molar refractivity (Wildman–Crippen MR) is 84.5 cm³/mol. The van der Waals surface area contributed by atoms with Crippen molar-refractivity contribution in [1.29, 1.82) is 0 Å². The molecule has 6 heteroatoms. The lowest BCUT2D eigenvalue weighted by atomic mass is 10.1. The Balaban J connectivity index is 2.03. The molecule has 1 saturated heterocycles. The van der Waals surface area contributed by atoms with Crippen molar-refractivity contribution in [2.45, 2.75) is 6.92 Å². The number of benzene rings is 1. The van der Waals surface area contributed by atoms with Gasteiger partial charge >= 0.3 is 6.03 Å². The van der Waals surface area contributed by atoms with E-state index in [9.17, 15) is 14.4 Å². The molecule has 0 atom stereocenters. The van der Waals surface area contributed by atoms with Crippen molar-refractivity contribution in [2.24, 2.45) is 0 Å². The fourth-order valence-electron chi connectivity index (χ4n) is 2.17. The first kappa shape index (κ1) is 14.2. The Kier molecular flexibility index (Phi) is 3.60. The highest BCUT2D eigenvalue weighted by Crippen LogP contribution is 2.23. The molecule has 1 fully saturated rings. The van der Waals surface area contributed by atoms with Crippen molar-refractivity contribution in [3.8, 4) is 0 Å². The molecule has 1 aliphatic heterocycles. The van der Waals surface area contributed by atoms with Gasteiger partial charge in [0.05, 0.1) is 5.69 Å². The first-order valence-corrected chi connectivity index (χ1v) is 7.46. The Morgan fingerprint density at radius 3 is 2.64 bits per heavy atom. The van der Waals surface area contributed by atoms with Gasteiger partial charge in [-0.15, -0.1) is 11.3 Å². The molecule has 0 radical (unpaired) electrons. The Morgan fingerprint density at radius 2 is 1.95 bits per heavy atom. The molecule has 2 aromatic rings. The van der Waals surface area contributed by atoms with Gasteiger partial charge in [0.25, 0.3) is 11.8 Å². The Hall–Kier alpha value is -2.73. The molecule has 1 N–H and O–H groups in total. The standard InChI is InChI=1S/C16H12N2O3S/c1-10-4-2-5-11(8-10)18-15(20)13(14(19)17-16(18)21)9-12-6-3-7-22-12/h2-9H,1H3,(H,17,19,21)/b13-9+. The van der Waals surface area contributed by atoms with Crippen molar-refractivity contribution < 1.29 is 14.4 Å². The van der Waals surface area contributed by atoms with Crippen LogP contribution in [0.4, 0.5) is 10.5 Å². The lowest BCUT2D eigenvalue weighted by Crippen LogP contribution is -2.54. The fourth-order valence-corrected chi connectivity index (χ4v) is 2.83. The van der Waals surface area contributed by atoms with E-state index in [2.05, 4.69) is 5.32 Å². The third kappa shape index (κ3) is 2.56. The lowest BCUT2D eigenvalue weighted by Gasteiger charge is -2.26. The molecule has 22 heavy (non-hydrogen) atoms. The number of hydrogen-bond acceptors (Lipinski definition) is 4. The van der Waals surface area contributed by atoms with Crippen molar-refractivity contribution >= 4 is 40.9 Å². The van der Waals surface area contributed by atoms with Gasteiger partial charge in [0.2, 0.25) is 0 Å². The number of imide groups is 2. The number of nitrogens with zero attached hydrogens (tertiary/aromatic N) is 1. The minimum atomic E-state index is -0.732. The Labute approximate surface area is 130 Å². The number of amides is 4. The minimum Gasteiger partial charge on any atom is -0.273 e. The molecule has 1 aromatic heterocycles. The third-order valence-corrected chi connectivity index (χ3v) is 4.01. The van der Waals surface area contributed by atoms with Crippen molar-refractivity contribution in [2.75, 3.05) is 4.90 Å². The van der Waals surface area contributed by atoms with Crippen LogP contribution in [0.1, 0.15) is 10.4 Å². The fraction of sp³-hybridized carbons (Fsp3) is 0.0625. The van der Waals surface area contributed by atoms with Gasteiger partial charge < -0.3 is 0 Å². The number of carbonyl (C=O) groups excluding carboxylic acids is 3. The molecule has 0 aliphatic carbocycles. The summed E-state index contributed by atoms with van der Waals surface area (Å²) >= 11 is 1.41. The second kappa shape index (κ2) is 5.57. The summed E-state index contributed by atoms with van der Waals surface area (Å²) in [4.78, 5) is 38.3. The van der Waals surface area contributed by atoms with Crippen LogP contribution >= 0.6 is 11.3 Å². The first-order valence-electron chi connectivity index (χ1n) is 6.58. The quantitative estimate of drug-likeness (QED) is 0.685. The summed E-state index contributed by atoms with van der Waals surface area (Å²) in [5.41, 5.74) is 1.30. The monoisotopic (exact) mass is 312 g/mol.